The van der Waals surface area contributed by atoms with Crippen LogP contribution in [0.25, 0.3) is 0 Å². The number of β-amino-alcohol motifs (C(OH)–C–C–N with tert-alkyl or cyclic N) is 1. The molecule has 5 heteroatoms. The molecule has 0 bridgehead atoms. The number of aliphatic hydroxyl groups excluding tert-OH is 1. The molecule has 1 heterocycles. The van der Waals surface area contributed by atoms with Gasteiger partial charge in [0.25, 0.3) is 0 Å². The molecule has 1 unspecified atom stereocenters. The summed E-state index contributed by atoms with van der Waals surface area (Å²) in [6.07, 6.45) is 2.18. The van der Waals surface area contributed by atoms with Gasteiger partial charge in [-0.15, -0.1) is 0 Å². The fraction of sp³-hybridized carbons (Fsp3) is 0.571. The molecule has 1 saturated heterocycles. The van der Waals surface area contributed by atoms with E-state index >= 15 is 0 Å². The Morgan fingerprint density at radius 1 is 1.16 bits per heavy atom. The summed E-state index contributed by atoms with van der Waals surface area (Å²) in [5, 5.41) is 14.5. The van der Waals surface area contributed by atoms with Crippen molar-refractivity contribution in [2.24, 2.45) is 0 Å². The largest absolute Gasteiger partial charge is 0.390 e. The molecule has 1 aromatic carbocycles. The maximum atomic E-state index is 9.94. The standard InChI is InChI=1S/C14H20Cl2N2O/c15-12-5-11(6-13(16)7-12)8-17-9-14(19)10-18-3-1-2-4-18/h5-7,14,17,19H,1-4,8-10H2. The zero-order valence-electron chi connectivity index (χ0n) is 10.9. The zero-order valence-corrected chi connectivity index (χ0v) is 12.4. The third-order valence-electron chi connectivity index (χ3n) is 3.30. The molecule has 0 saturated carbocycles. The fourth-order valence-electron chi connectivity index (χ4n) is 2.42. The van der Waals surface area contributed by atoms with E-state index in [1.54, 1.807) is 6.07 Å². The molecule has 1 aromatic rings. The molecule has 1 aliphatic heterocycles. The molecule has 0 aromatic heterocycles. The number of hydrogen-bond acceptors (Lipinski definition) is 3. The molecular formula is C14H20Cl2N2O. The molecule has 1 fully saturated rings. The second-order valence-electron chi connectivity index (χ2n) is 5.07. The van der Waals surface area contributed by atoms with Crippen LogP contribution in [0.2, 0.25) is 10.0 Å². The van der Waals surface area contributed by atoms with Crippen LogP contribution < -0.4 is 5.32 Å². The van der Waals surface area contributed by atoms with Crippen LogP contribution in [-0.2, 0) is 6.54 Å². The third kappa shape index (κ3) is 5.28. The summed E-state index contributed by atoms with van der Waals surface area (Å²) in [4.78, 5) is 2.31. The lowest BCUT2D eigenvalue weighted by molar-refractivity contribution is 0.123. The van der Waals surface area contributed by atoms with E-state index in [0.717, 1.165) is 25.2 Å². The Hall–Kier alpha value is -0.320. The highest BCUT2D eigenvalue weighted by atomic mass is 35.5. The van der Waals surface area contributed by atoms with E-state index in [1.165, 1.54) is 12.8 Å². The van der Waals surface area contributed by atoms with Gasteiger partial charge in [0.2, 0.25) is 0 Å². The molecule has 0 radical (unpaired) electrons. The van der Waals surface area contributed by atoms with Crippen molar-refractivity contribution in [2.75, 3.05) is 26.2 Å². The van der Waals surface area contributed by atoms with Crippen LogP contribution in [0, 0.1) is 0 Å². The van der Waals surface area contributed by atoms with E-state index in [4.69, 9.17) is 23.2 Å². The Morgan fingerprint density at radius 2 is 1.79 bits per heavy atom. The first-order chi connectivity index (χ1) is 9.13. The van der Waals surface area contributed by atoms with Crippen LogP contribution in [0.5, 0.6) is 0 Å². The van der Waals surface area contributed by atoms with Gasteiger partial charge in [-0.3, -0.25) is 0 Å². The number of halogens is 2. The van der Waals surface area contributed by atoms with Crippen LogP contribution in [-0.4, -0.2) is 42.3 Å². The van der Waals surface area contributed by atoms with Gasteiger partial charge in [0.15, 0.2) is 0 Å². The van der Waals surface area contributed by atoms with Crippen molar-refractivity contribution < 1.29 is 5.11 Å². The lowest BCUT2D eigenvalue weighted by atomic mass is 10.2. The van der Waals surface area contributed by atoms with Gasteiger partial charge < -0.3 is 15.3 Å². The first-order valence-electron chi connectivity index (χ1n) is 6.69. The molecule has 0 amide bonds. The Kier molecular flexibility index (Phi) is 5.92. The molecule has 0 spiro atoms. The average molecular weight is 303 g/mol. The second kappa shape index (κ2) is 7.46. The van der Waals surface area contributed by atoms with E-state index < -0.39 is 0 Å². The lowest BCUT2D eigenvalue weighted by Gasteiger charge is -2.19. The number of benzene rings is 1. The van der Waals surface area contributed by atoms with Gasteiger partial charge in [0, 0.05) is 29.7 Å². The average Bonchev–Trinajstić information content (AvgIpc) is 2.80. The highest BCUT2D eigenvalue weighted by molar-refractivity contribution is 6.34. The minimum absolute atomic E-state index is 0.326. The molecule has 1 atom stereocenters. The third-order valence-corrected chi connectivity index (χ3v) is 3.74. The molecule has 3 nitrogen and oxygen atoms in total. The highest BCUT2D eigenvalue weighted by Crippen LogP contribution is 2.18. The number of likely N-dealkylation sites (tertiary alicyclic amines) is 1. The predicted molar refractivity (Wildman–Crippen MR) is 79.8 cm³/mol. The molecular weight excluding hydrogens is 283 g/mol. The monoisotopic (exact) mass is 302 g/mol. The smallest absolute Gasteiger partial charge is 0.0791 e. The molecule has 1 aliphatic rings. The summed E-state index contributed by atoms with van der Waals surface area (Å²) in [5.74, 6) is 0. The van der Waals surface area contributed by atoms with Crippen molar-refractivity contribution >= 4 is 23.2 Å². The van der Waals surface area contributed by atoms with Gasteiger partial charge >= 0.3 is 0 Å². The lowest BCUT2D eigenvalue weighted by Crippen LogP contribution is -2.36. The predicted octanol–water partition coefficient (Wildman–Crippen LogP) is 2.54. The maximum absolute atomic E-state index is 9.94. The number of nitrogens with zero attached hydrogens (tertiary/aromatic N) is 1. The Bertz CT molecular complexity index is 388. The second-order valence-corrected chi connectivity index (χ2v) is 5.94. The van der Waals surface area contributed by atoms with Gasteiger partial charge in [-0.2, -0.15) is 0 Å². The zero-order chi connectivity index (χ0) is 13.7. The molecule has 106 valence electrons. The Labute approximate surface area is 124 Å². The number of hydrogen-bond donors (Lipinski definition) is 2. The van der Waals surface area contributed by atoms with Gasteiger partial charge in [-0.25, -0.2) is 0 Å². The van der Waals surface area contributed by atoms with Gasteiger partial charge in [-0.1, -0.05) is 23.2 Å². The van der Waals surface area contributed by atoms with E-state index in [1.807, 2.05) is 12.1 Å². The van der Waals surface area contributed by atoms with Crippen LogP contribution in [0.3, 0.4) is 0 Å². The Morgan fingerprint density at radius 3 is 2.42 bits per heavy atom. The normalized spacial score (nSPS) is 17.8. The maximum Gasteiger partial charge on any atom is 0.0791 e. The van der Waals surface area contributed by atoms with Crippen molar-refractivity contribution in [1.29, 1.82) is 0 Å². The van der Waals surface area contributed by atoms with Crippen molar-refractivity contribution in [3.8, 4) is 0 Å². The summed E-state index contributed by atoms with van der Waals surface area (Å²) < 4.78 is 0. The van der Waals surface area contributed by atoms with Crippen molar-refractivity contribution in [2.45, 2.75) is 25.5 Å². The number of aliphatic hydroxyl groups is 1. The van der Waals surface area contributed by atoms with Crippen molar-refractivity contribution in [3.63, 3.8) is 0 Å². The number of nitrogens with one attached hydrogen (secondary N) is 1. The quantitative estimate of drug-likeness (QED) is 0.848. The molecule has 2 rings (SSSR count). The van der Waals surface area contributed by atoms with Gasteiger partial charge in [-0.05, 0) is 49.7 Å². The number of rotatable bonds is 6. The van der Waals surface area contributed by atoms with Crippen molar-refractivity contribution in [3.05, 3.63) is 33.8 Å². The van der Waals surface area contributed by atoms with Gasteiger partial charge in [0.1, 0.15) is 0 Å². The van der Waals surface area contributed by atoms with E-state index in [0.29, 0.717) is 23.1 Å². The van der Waals surface area contributed by atoms with E-state index in [9.17, 15) is 5.11 Å². The first-order valence-corrected chi connectivity index (χ1v) is 7.45. The fourth-order valence-corrected chi connectivity index (χ4v) is 3.00. The summed E-state index contributed by atoms with van der Waals surface area (Å²) in [6.45, 7) is 4.23. The van der Waals surface area contributed by atoms with Crippen LogP contribution in [0.4, 0.5) is 0 Å². The SMILES string of the molecule is OC(CNCc1cc(Cl)cc(Cl)c1)CN1CCCC1. The summed E-state index contributed by atoms with van der Waals surface area (Å²) in [7, 11) is 0. The highest BCUT2D eigenvalue weighted by Gasteiger charge is 2.15. The first kappa shape index (κ1) is 15.1. The minimum atomic E-state index is -0.326. The minimum Gasteiger partial charge on any atom is -0.390 e. The van der Waals surface area contributed by atoms with Crippen LogP contribution in [0.1, 0.15) is 18.4 Å². The summed E-state index contributed by atoms with van der Waals surface area (Å²) in [5.41, 5.74) is 1.03. The topological polar surface area (TPSA) is 35.5 Å². The summed E-state index contributed by atoms with van der Waals surface area (Å²) >= 11 is 11.9. The van der Waals surface area contributed by atoms with Gasteiger partial charge in [0.05, 0.1) is 6.10 Å². The summed E-state index contributed by atoms with van der Waals surface area (Å²) in [6, 6.07) is 5.48. The Balaban J connectivity index is 1.70. The van der Waals surface area contributed by atoms with Crippen LogP contribution >= 0.6 is 23.2 Å². The molecule has 19 heavy (non-hydrogen) atoms. The molecule has 2 N–H and O–H groups in total. The van der Waals surface area contributed by atoms with Crippen LogP contribution in [0.15, 0.2) is 18.2 Å². The van der Waals surface area contributed by atoms with E-state index in [-0.39, 0.29) is 6.10 Å². The van der Waals surface area contributed by atoms with Crippen molar-refractivity contribution in [1.82, 2.24) is 10.2 Å². The molecule has 0 aliphatic carbocycles. The van der Waals surface area contributed by atoms with E-state index in [2.05, 4.69) is 10.2 Å².